The van der Waals surface area contributed by atoms with Crippen molar-refractivity contribution < 1.29 is 4.39 Å². The highest BCUT2D eigenvalue weighted by Crippen LogP contribution is 2.37. The lowest BCUT2D eigenvalue weighted by Crippen LogP contribution is -2.19. The number of hydrogen-bond donors (Lipinski definition) is 1. The van der Waals surface area contributed by atoms with Crippen LogP contribution in [0.15, 0.2) is 47.6 Å². The van der Waals surface area contributed by atoms with Gasteiger partial charge in [-0.2, -0.15) is 5.10 Å². The third kappa shape index (κ3) is 2.62. The molecule has 0 bridgehead atoms. The van der Waals surface area contributed by atoms with Gasteiger partial charge >= 0.3 is 0 Å². The Morgan fingerprint density at radius 2 is 1.91 bits per heavy atom. The van der Waals surface area contributed by atoms with Crippen molar-refractivity contribution in [2.24, 2.45) is 10.8 Å². The minimum Gasteiger partial charge on any atom is -0.325 e. The highest BCUT2D eigenvalue weighted by Gasteiger charge is 2.29. The van der Waals surface area contributed by atoms with Crippen LogP contribution in [0, 0.1) is 19.7 Å². The van der Waals surface area contributed by atoms with Crippen molar-refractivity contribution in [2.75, 3.05) is 11.6 Å². The fourth-order valence-electron chi connectivity index (χ4n) is 2.85. The predicted octanol–water partition coefficient (Wildman–Crippen LogP) is 3.71. The molecule has 0 aliphatic carbocycles. The SMILES string of the molecule is Cc1cccc(N2N=C(CN)CC2c2ccc(F)cc2)c1C. The largest absolute Gasteiger partial charge is 0.325 e. The third-order valence-corrected chi connectivity index (χ3v) is 4.29. The van der Waals surface area contributed by atoms with E-state index in [4.69, 9.17) is 10.8 Å². The van der Waals surface area contributed by atoms with Gasteiger partial charge in [0.05, 0.1) is 17.4 Å². The zero-order valence-electron chi connectivity index (χ0n) is 12.9. The molecular formula is C18H20FN3. The van der Waals surface area contributed by atoms with E-state index in [9.17, 15) is 4.39 Å². The van der Waals surface area contributed by atoms with Gasteiger partial charge in [-0.3, -0.25) is 5.01 Å². The molecule has 22 heavy (non-hydrogen) atoms. The summed E-state index contributed by atoms with van der Waals surface area (Å²) in [5, 5.41) is 6.72. The molecule has 114 valence electrons. The van der Waals surface area contributed by atoms with Gasteiger partial charge in [0.1, 0.15) is 5.82 Å². The summed E-state index contributed by atoms with van der Waals surface area (Å²) < 4.78 is 13.2. The molecule has 0 radical (unpaired) electrons. The Hall–Kier alpha value is -2.20. The summed E-state index contributed by atoms with van der Waals surface area (Å²) >= 11 is 0. The second-order valence-corrected chi connectivity index (χ2v) is 5.71. The molecule has 2 aromatic carbocycles. The second kappa shape index (κ2) is 5.89. The van der Waals surface area contributed by atoms with E-state index in [-0.39, 0.29) is 11.9 Å². The van der Waals surface area contributed by atoms with E-state index in [1.807, 2.05) is 23.2 Å². The van der Waals surface area contributed by atoms with Crippen molar-refractivity contribution in [1.82, 2.24) is 0 Å². The summed E-state index contributed by atoms with van der Waals surface area (Å²) in [5.41, 5.74) is 11.3. The summed E-state index contributed by atoms with van der Waals surface area (Å²) in [6.45, 7) is 4.64. The van der Waals surface area contributed by atoms with E-state index in [0.717, 1.165) is 23.4 Å². The minimum atomic E-state index is -0.222. The average molecular weight is 297 g/mol. The molecule has 0 spiro atoms. The molecule has 1 aliphatic heterocycles. The number of benzene rings is 2. The molecule has 0 saturated carbocycles. The van der Waals surface area contributed by atoms with Gasteiger partial charge in [0.2, 0.25) is 0 Å². The fourth-order valence-corrected chi connectivity index (χ4v) is 2.85. The van der Waals surface area contributed by atoms with Crippen LogP contribution in [-0.2, 0) is 0 Å². The first kappa shape index (κ1) is 14.7. The molecule has 1 heterocycles. The number of aryl methyl sites for hydroxylation is 1. The summed E-state index contributed by atoms with van der Waals surface area (Å²) in [6.07, 6.45) is 0.773. The van der Waals surface area contributed by atoms with Gasteiger partial charge < -0.3 is 5.73 Å². The molecule has 4 heteroatoms. The lowest BCUT2D eigenvalue weighted by atomic mass is 10.00. The van der Waals surface area contributed by atoms with Gasteiger partial charge in [0.25, 0.3) is 0 Å². The maximum Gasteiger partial charge on any atom is 0.123 e. The first-order chi connectivity index (χ1) is 10.6. The van der Waals surface area contributed by atoms with Gasteiger partial charge in [-0.15, -0.1) is 0 Å². The number of anilines is 1. The number of nitrogens with zero attached hydrogens (tertiary/aromatic N) is 2. The van der Waals surface area contributed by atoms with Crippen molar-refractivity contribution in [2.45, 2.75) is 26.3 Å². The van der Waals surface area contributed by atoms with Crippen molar-refractivity contribution >= 4 is 11.4 Å². The number of rotatable bonds is 3. The van der Waals surface area contributed by atoms with Crippen molar-refractivity contribution in [3.8, 4) is 0 Å². The molecule has 2 aromatic rings. The van der Waals surface area contributed by atoms with Crippen LogP contribution >= 0.6 is 0 Å². The molecule has 1 aliphatic rings. The molecule has 0 aromatic heterocycles. The number of hydrazone groups is 1. The Balaban J connectivity index is 2.03. The maximum absolute atomic E-state index is 13.2. The lowest BCUT2D eigenvalue weighted by Gasteiger charge is -2.26. The van der Waals surface area contributed by atoms with Gasteiger partial charge in [-0.1, -0.05) is 24.3 Å². The first-order valence-electron chi connectivity index (χ1n) is 7.47. The highest BCUT2D eigenvalue weighted by molar-refractivity contribution is 5.90. The third-order valence-electron chi connectivity index (χ3n) is 4.29. The van der Waals surface area contributed by atoms with Crippen LogP contribution in [0.4, 0.5) is 10.1 Å². The van der Waals surface area contributed by atoms with Gasteiger partial charge in [0, 0.05) is 13.0 Å². The molecule has 3 nitrogen and oxygen atoms in total. The Labute approximate surface area is 130 Å². The van der Waals surface area contributed by atoms with E-state index in [1.54, 1.807) is 0 Å². The Bertz CT molecular complexity index is 707. The van der Waals surface area contributed by atoms with Crippen LogP contribution in [-0.4, -0.2) is 12.3 Å². The Morgan fingerprint density at radius 1 is 1.18 bits per heavy atom. The number of hydrogen-bond acceptors (Lipinski definition) is 3. The summed E-state index contributed by atoms with van der Waals surface area (Å²) in [7, 11) is 0. The standard InChI is InChI=1S/C18H20FN3/c1-12-4-3-5-17(13(12)2)22-18(10-16(11-20)21-22)14-6-8-15(19)9-7-14/h3-9,18H,10-11,20H2,1-2H3. The summed E-state index contributed by atoms with van der Waals surface area (Å²) in [5.74, 6) is -0.222. The van der Waals surface area contributed by atoms with Crippen LogP contribution < -0.4 is 10.7 Å². The van der Waals surface area contributed by atoms with Crippen LogP contribution in [0.25, 0.3) is 0 Å². The molecule has 0 fully saturated rings. The molecule has 0 saturated heterocycles. The molecule has 1 unspecified atom stereocenters. The van der Waals surface area contributed by atoms with Crippen LogP contribution in [0.5, 0.6) is 0 Å². The highest BCUT2D eigenvalue weighted by atomic mass is 19.1. The summed E-state index contributed by atoms with van der Waals surface area (Å²) in [4.78, 5) is 0. The minimum absolute atomic E-state index is 0.0691. The lowest BCUT2D eigenvalue weighted by molar-refractivity contribution is 0.624. The van der Waals surface area contributed by atoms with Crippen LogP contribution in [0.1, 0.15) is 29.2 Å². The normalized spacial score (nSPS) is 17.7. The van der Waals surface area contributed by atoms with E-state index in [1.165, 1.54) is 23.3 Å². The zero-order valence-corrected chi connectivity index (χ0v) is 12.9. The smallest absolute Gasteiger partial charge is 0.123 e. The molecule has 3 rings (SSSR count). The molecule has 2 N–H and O–H groups in total. The second-order valence-electron chi connectivity index (χ2n) is 5.71. The van der Waals surface area contributed by atoms with Crippen LogP contribution in [0.2, 0.25) is 0 Å². The van der Waals surface area contributed by atoms with E-state index in [0.29, 0.717) is 6.54 Å². The monoisotopic (exact) mass is 297 g/mol. The predicted molar refractivity (Wildman–Crippen MR) is 88.6 cm³/mol. The topological polar surface area (TPSA) is 41.6 Å². The van der Waals surface area contributed by atoms with E-state index >= 15 is 0 Å². The molecule has 0 amide bonds. The number of nitrogens with two attached hydrogens (primary N) is 1. The Kier molecular flexibility index (Phi) is 3.94. The van der Waals surface area contributed by atoms with Crippen LogP contribution in [0.3, 0.4) is 0 Å². The Morgan fingerprint density at radius 3 is 2.59 bits per heavy atom. The number of halogens is 1. The van der Waals surface area contributed by atoms with Gasteiger partial charge in [-0.05, 0) is 48.7 Å². The molecular weight excluding hydrogens is 277 g/mol. The van der Waals surface area contributed by atoms with Gasteiger partial charge in [-0.25, -0.2) is 4.39 Å². The maximum atomic E-state index is 13.2. The zero-order chi connectivity index (χ0) is 15.7. The summed E-state index contributed by atoms with van der Waals surface area (Å²) in [6, 6.07) is 12.9. The fraction of sp³-hybridized carbons (Fsp3) is 0.278. The van der Waals surface area contributed by atoms with Crippen molar-refractivity contribution in [3.05, 3.63) is 65.0 Å². The van der Waals surface area contributed by atoms with Crippen molar-refractivity contribution in [3.63, 3.8) is 0 Å². The van der Waals surface area contributed by atoms with E-state index < -0.39 is 0 Å². The van der Waals surface area contributed by atoms with Gasteiger partial charge in [0.15, 0.2) is 0 Å². The first-order valence-corrected chi connectivity index (χ1v) is 7.47. The average Bonchev–Trinajstić information content (AvgIpc) is 2.95. The molecule has 1 atom stereocenters. The van der Waals surface area contributed by atoms with Crippen molar-refractivity contribution in [1.29, 1.82) is 0 Å². The quantitative estimate of drug-likeness (QED) is 0.938. The van der Waals surface area contributed by atoms with E-state index in [2.05, 4.69) is 26.0 Å².